The van der Waals surface area contributed by atoms with E-state index in [2.05, 4.69) is 5.32 Å². The number of rotatable bonds is 14. The summed E-state index contributed by atoms with van der Waals surface area (Å²) in [7, 11) is 0. The van der Waals surface area contributed by atoms with Gasteiger partial charge in [0.15, 0.2) is 29.9 Å². The zero-order valence-corrected chi connectivity index (χ0v) is 41.1. The molecule has 8 rings (SSSR count). The van der Waals surface area contributed by atoms with Gasteiger partial charge in [-0.05, 0) is 54.8 Å². The van der Waals surface area contributed by atoms with E-state index in [1.807, 2.05) is 0 Å². The summed E-state index contributed by atoms with van der Waals surface area (Å²) in [4.78, 5) is 86.0. The van der Waals surface area contributed by atoms with Crippen molar-refractivity contribution in [3.05, 3.63) is 119 Å². The van der Waals surface area contributed by atoms with E-state index < -0.39 is 163 Å². The number of benzene rings is 3. The van der Waals surface area contributed by atoms with Crippen LogP contribution in [0.5, 0.6) is 0 Å². The number of hydrogen-bond donors (Lipinski definition) is 8. The minimum absolute atomic E-state index is 0.00541. The van der Waals surface area contributed by atoms with E-state index in [-0.39, 0.29) is 28.7 Å². The lowest BCUT2D eigenvalue weighted by Crippen LogP contribution is -2.82. The van der Waals surface area contributed by atoms with Gasteiger partial charge in [0.05, 0.1) is 42.3 Å². The molecule has 74 heavy (non-hydrogen) atoms. The van der Waals surface area contributed by atoms with Crippen molar-refractivity contribution in [1.29, 1.82) is 0 Å². The predicted molar refractivity (Wildman–Crippen MR) is 252 cm³/mol. The molecule has 3 aromatic carbocycles. The van der Waals surface area contributed by atoms with Crippen molar-refractivity contribution in [3.63, 3.8) is 0 Å². The Bertz CT molecular complexity index is 2630. The number of Topliss-reactive ketones (excluding diaryl/α,β-unsaturated/α-hetero) is 1. The Kier molecular flexibility index (Phi) is 15.4. The van der Waals surface area contributed by atoms with Crippen LogP contribution in [0.1, 0.15) is 79.8 Å². The van der Waals surface area contributed by atoms with Gasteiger partial charge in [0.25, 0.3) is 5.91 Å². The highest BCUT2D eigenvalue weighted by Crippen LogP contribution is 2.64. The van der Waals surface area contributed by atoms with Crippen LogP contribution < -0.4 is 5.32 Å². The standard InChI is InChI=1S/C53H61NO20/c1-26-31(70-48(66)39(60)37(28-15-9-6-10-16-28)54-46(64)29-17-11-7-12-18-29)22-53(67)45(73-47(65)30-19-13-8-14-20-30)43-51(5,33(57)21-34-52(43,25-69-34)74-27(2)56)44(63)42(36(26)50(53,3)4)72-35(58)24-68-49-41(62)40(61)38(59)32(23-55)71-49/h6-20,31-34,37-43,45,49,55,57,59-62,67H,21-25H2,1-5H3,(H,54,64)/t31?,32?,33?,34?,37?,38?,39?,40?,41?,42?,43?,45?,49?,51-,52+,53?/m1/s1. The van der Waals surface area contributed by atoms with Crippen molar-refractivity contribution in [1.82, 2.24) is 5.32 Å². The largest absolute Gasteiger partial charge is 0.456 e. The predicted octanol–water partition coefficient (Wildman–Crippen LogP) is 0.532. The molecule has 4 fully saturated rings. The van der Waals surface area contributed by atoms with Gasteiger partial charge in [-0.2, -0.15) is 0 Å². The molecule has 2 heterocycles. The number of nitrogens with one attached hydrogen (secondary N) is 1. The molecule has 2 saturated carbocycles. The number of fused-ring (bicyclic) bond motifs is 5. The number of esters is 4. The fraction of sp³-hybridized carbons (Fsp3) is 0.509. The van der Waals surface area contributed by atoms with Crippen molar-refractivity contribution < 1.29 is 97.7 Å². The average Bonchev–Trinajstić information content (AvgIpc) is 3.38. The van der Waals surface area contributed by atoms with Gasteiger partial charge in [-0.3, -0.25) is 14.4 Å². The van der Waals surface area contributed by atoms with Crippen molar-refractivity contribution in [2.45, 2.75) is 132 Å². The summed E-state index contributed by atoms with van der Waals surface area (Å²) in [6.07, 6.45) is -20.7. The maximum atomic E-state index is 16.0. The summed E-state index contributed by atoms with van der Waals surface area (Å²) < 4.78 is 41.5. The molecule has 21 heteroatoms. The highest BCUT2D eigenvalue weighted by atomic mass is 16.7. The smallest absolute Gasteiger partial charge is 0.338 e. The number of carbonyl (C=O) groups excluding carboxylic acids is 6. The molecule has 0 radical (unpaired) electrons. The van der Waals surface area contributed by atoms with Gasteiger partial charge in [0.1, 0.15) is 54.9 Å². The third kappa shape index (κ3) is 9.43. The zero-order chi connectivity index (χ0) is 53.7. The van der Waals surface area contributed by atoms with E-state index in [0.29, 0.717) is 5.56 Å². The summed E-state index contributed by atoms with van der Waals surface area (Å²) in [6.45, 7) is 4.38. The quantitative estimate of drug-likeness (QED) is 0.0620. The Hall–Kier alpha value is -5.98. The van der Waals surface area contributed by atoms with Gasteiger partial charge in [0, 0.05) is 30.7 Å². The second-order valence-corrected chi connectivity index (χ2v) is 20.2. The van der Waals surface area contributed by atoms with Crippen LogP contribution >= 0.6 is 0 Å². The van der Waals surface area contributed by atoms with Crippen LogP contribution in [0.25, 0.3) is 0 Å². The number of aliphatic hydroxyl groups is 7. The average molecular weight is 1030 g/mol. The number of amides is 1. The van der Waals surface area contributed by atoms with Crippen LogP contribution in [0.2, 0.25) is 0 Å². The molecule has 14 unspecified atom stereocenters. The van der Waals surface area contributed by atoms with Crippen molar-refractivity contribution in [2.75, 3.05) is 19.8 Å². The van der Waals surface area contributed by atoms with Gasteiger partial charge in [0.2, 0.25) is 0 Å². The van der Waals surface area contributed by atoms with Gasteiger partial charge in [-0.25, -0.2) is 14.4 Å². The van der Waals surface area contributed by atoms with Gasteiger partial charge < -0.3 is 74.2 Å². The summed E-state index contributed by atoms with van der Waals surface area (Å²) in [5.74, 6) is -7.98. The Morgan fingerprint density at radius 1 is 0.824 bits per heavy atom. The molecule has 3 aliphatic carbocycles. The molecule has 398 valence electrons. The minimum atomic E-state index is -2.57. The Morgan fingerprint density at radius 3 is 2.01 bits per heavy atom. The van der Waals surface area contributed by atoms with E-state index in [9.17, 15) is 59.7 Å². The molecule has 0 aromatic heterocycles. The van der Waals surface area contributed by atoms with Crippen molar-refractivity contribution >= 4 is 35.6 Å². The monoisotopic (exact) mass is 1030 g/mol. The molecule has 1 amide bonds. The molecule has 2 bridgehead atoms. The van der Waals surface area contributed by atoms with Gasteiger partial charge in [-0.1, -0.05) is 80.6 Å². The maximum Gasteiger partial charge on any atom is 0.338 e. The second kappa shape index (κ2) is 21.0. The summed E-state index contributed by atoms with van der Waals surface area (Å²) in [6, 6.07) is 22.2. The van der Waals surface area contributed by atoms with E-state index in [0.717, 1.165) is 6.92 Å². The van der Waals surface area contributed by atoms with Crippen LogP contribution in [-0.4, -0.2) is 170 Å². The number of hydrogen-bond acceptors (Lipinski definition) is 20. The van der Waals surface area contributed by atoms with Crippen molar-refractivity contribution in [2.24, 2.45) is 16.7 Å². The van der Waals surface area contributed by atoms with Crippen LogP contribution in [-0.2, 0) is 52.3 Å². The van der Waals surface area contributed by atoms with Gasteiger partial charge in [-0.15, -0.1) is 0 Å². The molecule has 0 spiro atoms. The first-order valence-corrected chi connectivity index (χ1v) is 24.2. The lowest BCUT2D eigenvalue weighted by molar-refractivity contribution is -0.346. The molecule has 3 aromatic rings. The SMILES string of the molecule is CC(=O)O[C@@]12COC1CC(O)[C@@]1(C)C(=O)C(OC(=O)COC3OC(CO)C(O)C(O)C3O)C3=C(C)C(OC(=O)C(O)C(NC(=O)c4ccccc4)c4ccccc4)CC(O)(C(OC(=O)c4ccccc4)C21)C3(C)C. The molecule has 21 nitrogen and oxygen atoms in total. The normalized spacial score (nSPS) is 34.9. The summed E-state index contributed by atoms with van der Waals surface area (Å²) in [5, 5.41) is 82.0. The van der Waals surface area contributed by atoms with E-state index in [1.165, 1.54) is 52.0 Å². The van der Waals surface area contributed by atoms with Crippen molar-refractivity contribution in [3.8, 4) is 0 Å². The minimum Gasteiger partial charge on any atom is -0.456 e. The molecule has 2 saturated heterocycles. The number of carbonyl (C=O) groups is 6. The molecule has 5 aliphatic rings. The molecular formula is C53H61NO20. The highest BCUT2D eigenvalue weighted by molar-refractivity contribution is 5.96. The lowest BCUT2D eigenvalue weighted by atomic mass is 9.44. The third-order valence-electron chi connectivity index (χ3n) is 15.7. The van der Waals surface area contributed by atoms with E-state index >= 15 is 4.79 Å². The fourth-order valence-corrected chi connectivity index (χ4v) is 11.5. The first-order valence-electron chi connectivity index (χ1n) is 24.2. The van der Waals surface area contributed by atoms with Gasteiger partial charge >= 0.3 is 23.9 Å². The highest BCUT2D eigenvalue weighted by Gasteiger charge is 2.78. The fourth-order valence-electron chi connectivity index (χ4n) is 11.5. The molecule has 8 N–H and O–H groups in total. The zero-order valence-electron chi connectivity index (χ0n) is 41.1. The molecular weight excluding hydrogens is 971 g/mol. The van der Waals surface area contributed by atoms with Crippen LogP contribution in [0.15, 0.2) is 102 Å². The number of aliphatic hydroxyl groups excluding tert-OH is 6. The first-order chi connectivity index (χ1) is 35.0. The lowest BCUT2D eigenvalue weighted by Gasteiger charge is -2.67. The first kappa shape index (κ1) is 54.3. The van der Waals surface area contributed by atoms with Crippen LogP contribution in [0.3, 0.4) is 0 Å². The summed E-state index contributed by atoms with van der Waals surface area (Å²) >= 11 is 0. The Balaban J connectivity index is 1.26. The second-order valence-electron chi connectivity index (χ2n) is 20.2. The number of ketones is 1. The van der Waals surface area contributed by atoms with E-state index in [1.54, 1.807) is 66.7 Å². The topological polar surface area (TPSA) is 321 Å². The summed E-state index contributed by atoms with van der Waals surface area (Å²) in [5.41, 5.74) is -8.36. The maximum absolute atomic E-state index is 16.0. The molecule has 16 atom stereocenters. The Labute approximate surface area is 424 Å². The van der Waals surface area contributed by atoms with Crippen LogP contribution in [0, 0.1) is 16.7 Å². The van der Waals surface area contributed by atoms with E-state index in [4.69, 9.17) is 33.2 Å². The third-order valence-corrected chi connectivity index (χ3v) is 15.7. The molecule has 2 aliphatic heterocycles. The number of ether oxygens (including phenoxy) is 7. The van der Waals surface area contributed by atoms with Crippen LogP contribution in [0.4, 0.5) is 0 Å². The Morgan fingerprint density at radius 2 is 1.43 bits per heavy atom.